The second-order valence-corrected chi connectivity index (χ2v) is 9.72. The predicted molar refractivity (Wildman–Crippen MR) is 114 cm³/mol. The van der Waals surface area contributed by atoms with Gasteiger partial charge in [0, 0.05) is 36.3 Å². The molecule has 2 aromatic rings. The van der Waals surface area contributed by atoms with Gasteiger partial charge in [0.05, 0.1) is 11.7 Å². The summed E-state index contributed by atoms with van der Waals surface area (Å²) in [5.74, 6) is -1.26. The Hall–Kier alpha value is -2.38. The quantitative estimate of drug-likeness (QED) is 0.772. The van der Waals surface area contributed by atoms with Crippen molar-refractivity contribution in [1.29, 1.82) is 0 Å². The Morgan fingerprint density at radius 1 is 1.24 bits per heavy atom. The molecule has 2 heterocycles. The minimum atomic E-state index is -0.976. The number of nitrogens with zero attached hydrogens (tertiary/aromatic N) is 1. The molecule has 29 heavy (non-hydrogen) atoms. The number of rotatable bonds is 5. The van der Waals surface area contributed by atoms with Gasteiger partial charge >= 0.3 is 5.97 Å². The van der Waals surface area contributed by atoms with E-state index in [4.69, 9.17) is 4.74 Å². The van der Waals surface area contributed by atoms with E-state index in [1.54, 1.807) is 19.2 Å². The molecule has 0 saturated carbocycles. The average Bonchev–Trinajstić information content (AvgIpc) is 2.97. The number of amides is 1. The van der Waals surface area contributed by atoms with Gasteiger partial charge in [-0.3, -0.25) is 4.79 Å². The normalized spacial score (nSPS) is 18.1. The lowest BCUT2D eigenvalue weighted by molar-refractivity contribution is 0.0696. The second-order valence-electron chi connectivity index (χ2n) is 8.62. The van der Waals surface area contributed by atoms with Crippen molar-refractivity contribution in [2.24, 2.45) is 5.41 Å². The average molecular weight is 415 g/mol. The standard InChI is InChI=1S/C22H26N2O4S/c1-22(2)9-8-17-16(10-22)18(21(26)27)20(29-17)23-19(25)13-4-6-14(7-5-13)24-11-15(12-24)28-3/h4-7,15H,8-12H2,1-3H3,(H,23,25)(H,26,27). The number of carboxylic acids is 1. The monoisotopic (exact) mass is 414 g/mol. The van der Waals surface area contributed by atoms with Gasteiger partial charge in [0.15, 0.2) is 0 Å². The Kier molecular flexibility index (Phi) is 5.12. The fourth-order valence-corrected chi connectivity index (χ4v) is 5.24. The van der Waals surface area contributed by atoms with Crippen LogP contribution in [0.3, 0.4) is 0 Å². The van der Waals surface area contributed by atoms with Gasteiger partial charge in [0.1, 0.15) is 5.00 Å². The van der Waals surface area contributed by atoms with Crippen LogP contribution in [-0.4, -0.2) is 43.3 Å². The number of ether oxygens (including phenoxy) is 1. The van der Waals surface area contributed by atoms with E-state index in [0.717, 1.165) is 48.5 Å². The summed E-state index contributed by atoms with van der Waals surface area (Å²) >= 11 is 1.40. The smallest absolute Gasteiger partial charge is 0.339 e. The summed E-state index contributed by atoms with van der Waals surface area (Å²) in [6, 6.07) is 7.39. The first-order valence-corrected chi connectivity index (χ1v) is 10.7. The summed E-state index contributed by atoms with van der Waals surface area (Å²) in [5.41, 5.74) is 2.79. The lowest BCUT2D eigenvalue weighted by atomic mass is 9.76. The predicted octanol–water partition coefficient (Wildman–Crippen LogP) is 4.05. The highest BCUT2D eigenvalue weighted by Gasteiger charge is 2.33. The van der Waals surface area contributed by atoms with Gasteiger partial charge in [-0.05, 0) is 54.5 Å². The number of aromatic carboxylic acids is 1. The Balaban J connectivity index is 1.51. The minimum absolute atomic E-state index is 0.0774. The fourth-order valence-electron chi connectivity index (χ4n) is 4.03. The van der Waals surface area contributed by atoms with E-state index in [-0.39, 0.29) is 23.0 Å². The van der Waals surface area contributed by atoms with Crippen molar-refractivity contribution in [3.63, 3.8) is 0 Å². The summed E-state index contributed by atoms with van der Waals surface area (Å²) in [7, 11) is 1.71. The fraction of sp³-hybridized carbons (Fsp3) is 0.455. The molecule has 2 N–H and O–H groups in total. The highest BCUT2D eigenvalue weighted by molar-refractivity contribution is 7.17. The van der Waals surface area contributed by atoms with Crippen molar-refractivity contribution < 1.29 is 19.4 Å². The Morgan fingerprint density at radius 3 is 2.55 bits per heavy atom. The summed E-state index contributed by atoms with van der Waals surface area (Å²) in [5, 5.41) is 13.1. The number of methoxy groups -OCH3 is 1. The van der Waals surface area contributed by atoms with E-state index in [1.807, 2.05) is 12.1 Å². The summed E-state index contributed by atoms with van der Waals surface area (Å²) in [6.45, 7) is 6.01. The van der Waals surface area contributed by atoms with Gasteiger partial charge in [-0.1, -0.05) is 13.8 Å². The Bertz CT molecular complexity index is 942. The number of thiophene rings is 1. The van der Waals surface area contributed by atoms with Gasteiger partial charge in [-0.2, -0.15) is 0 Å². The third-order valence-corrected chi connectivity index (χ3v) is 7.10. The number of hydrogen-bond donors (Lipinski definition) is 2. The highest BCUT2D eigenvalue weighted by Crippen LogP contribution is 2.43. The van der Waals surface area contributed by atoms with Gasteiger partial charge < -0.3 is 20.1 Å². The lowest BCUT2D eigenvalue weighted by Crippen LogP contribution is -2.51. The van der Waals surface area contributed by atoms with E-state index in [9.17, 15) is 14.7 Å². The van der Waals surface area contributed by atoms with Crippen LogP contribution in [0.1, 0.15) is 51.4 Å². The number of fused-ring (bicyclic) bond motifs is 1. The molecule has 6 nitrogen and oxygen atoms in total. The maximum Gasteiger partial charge on any atom is 0.339 e. The Labute approximate surface area is 174 Å². The van der Waals surface area contributed by atoms with Crippen molar-refractivity contribution >= 4 is 33.9 Å². The molecule has 0 unspecified atom stereocenters. The first kappa shape index (κ1) is 19.9. The minimum Gasteiger partial charge on any atom is -0.478 e. The van der Waals surface area contributed by atoms with Crippen LogP contribution in [0.5, 0.6) is 0 Å². The molecular weight excluding hydrogens is 388 g/mol. The van der Waals surface area contributed by atoms with Crippen molar-refractivity contribution in [1.82, 2.24) is 0 Å². The van der Waals surface area contributed by atoms with Crippen LogP contribution in [0, 0.1) is 5.41 Å². The SMILES string of the molecule is COC1CN(c2ccc(C(=O)Nc3sc4c(c3C(=O)O)CC(C)(C)CC4)cc2)C1. The molecule has 154 valence electrons. The first-order valence-electron chi connectivity index (χ1n) is 9.84. The molecule has 7 heteroatoms. The number of hydrogen-bond acceptors (Lipinski definition) is 5. The number of aryl methyl sites for hydroxylation is 1. The van der Waals surface area contributed by atoms with Crippen LogP contribution in [0.2, 0.25) is 0 Å². The molecule has 4 rings (SSSR count). The zero-order valence-corrected chi connectivity index (χ0v) is 17.8. The van der Waals surface area contributed by atoms with Crippen LogP contribution < -0.4 is 10.2 Å². The molecule has 1 fully saturated rings. The van der Waals surface area contributed by atoms with E-state index < -0.39 is 5.97 Å². The van der Waals surface area contributed by atoms with Crippen LogP contribution in [0.4, 0.5) is 10.7 Å². The van der Waals surface area contributed by atoms with Gasteiger partial charge in [0.2, 0.25) is 0 Å². The van der Waals surface area contributed by atoms with Gasteiger partial charge in [-0.15, -0.1) is 11.3 Å². The molecular formula is C22H26N2O4S. The number of carboxylic acid groups (broad SMARTS) is 1. The number of benzene rings is 1. The molecule has 1 amide bonds. The molecule has 1 aromatic heterocycles. The third kappa shape index (κ3) is 3.89. The van der Waals surface area contributed by atoms with E-state index in [0.29, 0.717) is 10.6 Å². The number of nitrogens with one attached hydrogen (secondary N) is 1. The molecule has 1 saturated heterocycles. The molecule has 1 aliphatic heterocycles. The lowest BCUT2D eigenvalue weighted by Gasteiger charge is -2.40. The number of carbonyl (C=O) groups excluding carboxylic acids is 1. The van der Waals surface area contributed by atoms with Crippen molar-refractivity contribution in [2.75, 3.05) is 30.4 Å². The molecule has 0 spiro atoms. The Morgan fingerprint density at radius 2 is 1.93 bits per heavy atom. The molecule has 0 radical (unpaired) electrons. The molecule has 2 aliphatic rings. The second kappa shape index (κ2) is 7.46. The molecule has 0 bridgehead atoms. The van der Waals surface area contributed by atoms with Crippen LogP contribution in [-0.2, 0) is 17.6 Å². The van der Waals surface area contributed by atoms with Crippen LogP contribution >= 0.6 is 11.3 Å². The summed E-state index contributed by atoms with van der Waals surface area (Å²) < 4.78 is 5.29. The highest BCUT2D eigenvalue weighted by atomic mass is 32.1. The van der Waals surface area contributed by atoms with Crippen molar-refractivity contribution in [3.8, 4) is 0 Å². The van der Waals surface area contributed by atoms with E-state index >= 15 is 0 Å². The van der Waals surface area contributed by atoms with Crippen molar-refractivity contribution in [2.45, 2.75) is 39.2 Å². The van der Waals surface area contributed by atoms with E-state index in [2.05, 4.69) is 24.1 Å². The maximum absolute atomic E-state index is 12.8. The largest absolute Gasteiger partial charge is 0.478 e. The van der Waals surface area contributed by atoms with Gasteiger partial charge in [0.25, 0.3) is 5.91 Å². The van der Waals surface area contributed by atoms with Gasteiger partial charge in [-0.25, -0.2) is 4.79 Å². The molecule has 1 aliphatic carbocycles. The molecule has 1 aromatic carbocycles. The summed E-state index contributed by atoms with van der Waals surface area (Å²) in [4.78, 5) is 28.0. The van der Waals surface area contributed by atoms with E-state index in [1.165, 1.54) is 11.3 Å². The first-order chi connectivity index (χ1) is 13.8. The molecule has 0 atom stereocenters. The topological polar surface area (TPSA) is 78.9 Å². The van der Waals surface area contributed by atoms with Crippen LogP contribution in [0.15, 0.2) is 24.3 Å². The number of carbonyl (C=O) groups is 2. The zero-order valence-electron chi connectivity index (χ0n) is 16.9. The van der Waals surface area contributed by atoms with Crippen molar-refractivity contribution in [3.05, 3.63) is 45.8 Å². The zero-order chi connectivity index (χ0) is 20.8. The number of anilines is 2. The third-order valence-electron chi connectivity index (χ3n) is 5.89. The van der Waals surface area contributed by atoms with Crippen LogP contribution in [0.25, 0.3) is 0 Å². The summed E-state index contributed by atoms with van der Waals surface area (Å²) in [6.07, 6.45) is 2.87. The maximum atomic E-state index is 12.8.